The first kappa shape index (κ1) is 15.6. The van der Waals surface area contributed by atoms with Crippen LogP contribution in [0.5, 0.6) is 5.75 Å². The van der Waals surface area contributed by atoms with Crippen LogP contribution < -0.4 is 10.1 Å². The van der Waals surface area contributed by atoms with E-state index in [9.17, 15) is 4.79 Å². The maximum absolute atomic E-state index is 11.6. The summed E-state index contributed by atoms with van der Waals surface area (Å²) < 4.78 is 4.75. The first-order valence-electron chi connectivity index (χ1n) is 7.13. The maximum atomic E-state index is 11.6. The Balaban J connectivity index is 1.99. The summed E-state index contributed by atoms with van der Waals surface area (Å²) in [5.41, 5.74) is 3.08. The molecule has 2 aromatic carbocycles. The molecule has 1 amide bonds. The van der Waals surface area contributed by atoms with Crippen molar-refractivity contribution in [3.8, 4) is 12.0 Å². The number of carbonyl (C=O) groups excluding carboxylic acids is 1. The normalized spacial score (nSPS) is 10.1. The third kappa shape index (κ3) is 4.35. The van der Waals surface area contributed by atoms with Crippen molar-refractivity contribution in [2.24, 2.45) is 5.92 Å². The molecule has 0 radical (unpaired) electrons. The summed E-state index contributed by atoms with van der Waals surface area (Å²) in [7, 11) is 0. The number of anilines is 1. The van der Waals surface area contributed by atoms with Crippen LogP contribution in [0.1, 0.15) is 25.0 Å². The van der Waals surface area contributed by atoms with Crippen molar-refractivity contribution in [2.45, 2.75) is 20.3 Å². The molecular formula is C18H18N2O2. The minimum atomic E-state index is -0.0335. The molecular weight excluding hydrogens is 276 g/mol. The monoisotopic (exact) mass is 294 g/mol. The highest BCUT2D eigenvalue weighted by Gasteiger charge is 2.06. The fourth-order valence-electron chi connectivity index (χ4n) is 1.96. The summed E-state index contributed by atoms with van der Waals surface area (Å²) >= 11 is 0. The minimum Gasteiger partial charge on any atom is -0.388 e. The van der Waals surface area contributed by atoms with Crippen molar-refractivity contribution < 1.29 is 9.53 Å². The smallest absolute Gasteiger partial charge is 0.292 e. The van der Waals surface area contributed by atoms with Gasteiger partial charge in [0, 0.05) is 11.6 Å². The van der Waals surface area contributed by atoms with Gasteiger partial charge in [-0.2, -0.15) is 0 Å². The van der Waals surface area contributed by atoms with Crippen LogP contribution >= 0.6 is 0 Å². The van der Waals surface area contributed by atoms with E-state index in [-0.39, 0.29) is 11.8 Å². The number of nitrogens with one attached hydrogen (secondary N) is 1. The number of benzene rings is 2. The Hall–Kier alpha value is -2.80. The standard InChI is InChI=1S/C18H18N2O2/c1-13(2)18(21)20-16-7-3-14(4-8-16)11-15-5-9-17(10-6-15)22-12-19/h3-10,13H,11H2,1-2H3,(H,20,21). The Morgan fingerprint density at radius 1 is 1.09 bits per heavy atom. The van der Waals surface area contributed by atoms with Crippen LogP contribution in [0, 0.1) is 17.4 Å². The van der Waals surface area contributed by atoms with Gasteiger partial charge < -0.3 is 10.1 Å². The van der Waals surface area contributed by atoms with Crippen LogP contribution in [0.3, 0.4) is 0 Å². The van der Waals surface area contributed by atoms with Crippen molar-refractivity contribution in [1.29, 1.82) is 5.26 Å². The number of hydrogen-bond acceptors (Lipinski definition) is 3. The molecule has 0 saturated heterocycles. The lowest BCUT2D eigenvalue weighted by Crippen LogP contribution is -2.17. The van der Waals surface area contributed by atoms with Crippen LogP contribution in [-0.2, 0) is 11.2 Å². The highest BCUT2D eigenvalue weighted by molar-refractivity contribution is 5.92. The van der Waals surface area contributed by atoms with Gasteiger partial charge in [-0.15, -0.1) is 5.26 Å². The molecule has 0 aliphatic heterocycles. The summed E-state index contributed by atoms with van der Waals surface area (Å²) in [5.74, 6) is 0.521. The summed E-state index contributed by atoms with van der Waals surface area (Å²) in [4.78, 5) is 11.6. The van der Waals surface area contributed by atoms with E-state index in [1.165, 1.54) is 0 Å². The van der Waals surface area contributed by atoms with Gasteiger partial charge in [0.05, 0.1) is 0 Å². The molecule has 0 aromatic heterocycles. The average Bonchev–Trinajstić information content (AvgIpc) is 2.51. The third-order valence-electron chi connectivity index (χ3n) is 3.24. The predicted molar refractivity (Wildman–Crippen MR) is 85.4 cm³/mol. The summed E-state index contributed by atoms with van der Waals surface area (Å²) in [6.07, 6.45) is 2.43. The van der Waals surface area contributed by atoms with Crippen LogP contribution in [-0.4, -0.2) is 5.91 Å². The van der Waals surface area contributed by atoms with Crippen LogP contribution in [0.2, 0.25) is 0 Å². The molecule has 2 rings (SSSR count). The number of nitrogens with zero attached hydrogens (tertiary/aromatic N) is 1. The van der Waals surface area contributed by atoms with Gasteiger partial charge in [0.2, 0.25) is 5.91 Å². The highest BCUT2D eigenvalue weighted by atomic mass is 16.5. The molecule has 0 spiro atoms. The third-order valence-corrected chi connectivity index (χ3v) is 3.24. The lowest BCUT2D eigenvalue weighted by molar-refractivity contribution is -0.118. The molecule has 112 valence electrons. The fourth-order valence-corrected chi connectivity index (χ4v) is 1.96. The van der Waals surface area contributed by atoms with E-state index in [1.807, 2.05) is 50.2 Å². The van der Waals surface area contributed by atoms with E-state index in [4.69, 9.17) is 10.00 Å². The summed E-state index contributed by atoms with van der Waals surface area (Å²) in [6.45, 7) is 3.73. The van der Waals surface area contributed by atoms with Gasteiger partial charge in [-0.25, -0.2) is 0 Å². The molecule has 0 saturated carbocycles. The lowest BCUT2D eigenvalue weighted by Gasteiger charge is -2.08. The Labute approximate surface area is 130 Å². The molecule has 4 heteroatoms. The van der Waals surface area contributed by atoms with Crippen LogP contribution in [0.25, 0.3) is 0 Å². The van der Waals surface area contributed by atoms with Crippen molar-refractivity contribution in [3.05, 3.63) is 59.7 Å². The minimum absolute atomic E-state index is 0.0147. The molecule has 1 N–H and O–H groups in total. The number of ether oxygens (including phenoxy) is 1. The van der Waals surface area contributed by atoms with E-state index in [1.54, 1.807) is 18.4 Å². The Morgan fingerprint density at radius 3 is 2.14 bits per heavy atom. The number of carbonyl (C=O) groups is 1. The zero-order chi connectivity index (χ0) is 15.9. The van der Waals surface area contributed by atoms with Crippen molar-refractivity contribution in [3.63, 3.8) is 0 Å². The van der Waals surface area contributed by atoms with E-state index in [0.717, 1.165) is 23.2 Å². The van der Waals surface area contributed by atoms with Crippen molar-refractivity contribution in [1.82, 2.24) is 0 Å². The molecule has 22 heavy (non-hydrogen) atoms. The molecule has 2 aromatic rings. The lowest BCUT2D eigenvalue weighted by atomic mass is 10.0. The fraction of sp³-hybridized carbons (Fsp3) is 0.222. The Morgan fingerprint density at radius 2 is 1.64 bits per heavy atom. The van der Waals surface area contributed by atoms with Gasteiger partial charge >= 0.3 is 0 Å². The van der Waals surface area contributed by atoms with Crippen molar-refractivity contribution >= 4 is 11.6 Å². The first-order chi connectivity index (χ1) is 10.6. The maximum Gasteiger partial charge on any atom is 0.292 e. The largest absolute Gasteiger partial charge is 0.388 e. The zero-order valence-corrected chi connectivity index (χ0v) is 12.7. The first-order valence-corrected chi connectivity index (χ1v) is 7.13. The van der Waals surface area contributed by atoms with Crippen LogP contribution in [0.15, 0.2) is 48.5 Å². The van der Waals surface area contributed by atoms with Gasteiger partial charge in [-0.05, 0) is 41.8 Å². The van der Waals surface area contributed by atoms with Gasteiger partial charge in [0.25, 0.3) is 6.26 Å². The Bertz CT molecular complexity index is 668. The predicted octanol–water partition coefficient (Wildman–Crippen LogP) is 3.73. The summed E-state index contributed by atoms with van der Waals surface area (Å²) in [5, 5.41) is 11.3. The van der Waals surface area contributed by atoms with Crippen LogP contribution in [0.4, 0.5) is 5.69 Å². The van der Waals surface area contributed by atoms with Gasteiger partial charge in [0.1, 0.15) is 5.75 Å². The molecule has 0 bridgehead atoms. The SMILES string of the molecule is CC(C)C(=O)Nc1ccc(Cc2ccc(OC#N)cc2)cc1. The molecule has 0 aliphatic carbocycles. The second-order valence-electron chi connectivity index (χ2n) is 5.35. The van der Waals surface area contributed by atoms with Gasteiger partial charge in [-0.3, -0.25) is 4.79 Å². The number of nitriles is 1. The average molecular weight is 294 g/mol. The van der Waals surface area contributed by atoms with E-state index < -0.39 is 0 Å². The van der Waals surface area contributed by atoms with Gasteiger partial charge in [-0.1, -0.05) is 38.1 Å². The molecule has 0 fully saturated rings. The quantitative estimate of drug-likeness (QED) is 0.855. The molecule has 4 nitrogen and oxygen atoms in total. The van der Waals surface area contributed by atoms with E-state index in [2.05, 4.69) is 5.32 Å². The number of amides is 1. The number of hydrogen-bond donors (Lipinski definition) is 1. The molecule has 0 atom stereocenters. The van der Waals surface area contributed by atoms with E-state index in [0.29, 0.717) is 5.75 Å². The second kappa shape index (κ2) is 7.28. The number of rotatable bonds is 5. The summed E-state index contributed by atoms with van der Waals surface area (Å²) in [6, 6.07) is 15.2. The van der Waals surface area contributed by atoms with Crippen molar-refractivity contribution in [2.75, 3.05) is 5.32 Å². The molecule has 0 aliphatic rings. The second-order valence-corrected chi connectivity index (χ2v) is 5.35. The molecule has 0 unspecified atom stereocenters. The highest BCUT2D eigenvalue weighted by Crippen LogP contribution is 2.17. The topological polar surface area (TPSA) is 62.1 Å². The zero-order valence-electron chi connectivity index (χ0n) is 12.7. The van der Waals surface area contributed by atoms with E-state index >= 15 is 0 Å². The molecule has 0 heterocycles. The van der Waals surface area contributed by atoms with Gasteiger partial charge in [0.15, 0.2) is 0 Å². The Kier molecular flexibility index (Phi) is 5.16.